The van der Waals surface area contributed by atoms with Gasteiger partial charge in [0.25, 0.3) is 0 Å². The second kappa shape index (κ2) is 6.09. The van der Waals surface area contributed by atoms with Crippen LogP contribution in [-0.4, -0.2) is 24.8 Å². The van der Waals surface area contributed by atoms with Crippen LogP contribution < -0.4 is 0 Å². The molecule has 0 heterocycles. The van der Waals surface area contributed by atoms with E-state index in [4.69, 9.17) is 4.74 Å². The average molecular weight is 206 g/mol. The summed E-state index contributed by atoms with van der Waals surface area (Å²) >= 11 is 0. The number of Topliss-reactive ketones (excluding diaryl/α,β-unsaturated/α-hetero) is 2. The molecule has 1 aromatic carbocycles. The van der Waals surface area contributed by atoms with Gasteiger partial charge in [-0.05, 0) is 6.92 Å². The third kappa shape index (κ3) is 4.04. The van der Waals surface area contributed by atoms with E-state index in [1.807, 2.05) is 13.0 Å². The van der Waals surface area contributed by atoms with Gasteiger partial charge in [-0.25, -0.2) is 0 Å². The van der Waals surface area contributed by atoms with Crippen molar-refractivity contribution >= 4 is 11.6 Å². The van der Waals surface area contributed by atoms with Gasteiger partial charge in [-0.3, -0.25) is 9.59 Å². The van der Waals surface area contributed by atoms with Crippen LogP contribution in [0, 0.1) is 0 Å². The number of carbonyl (C=O) groups is 2. The molecule has 15 heavy (non-hydrogen) atoms. The minimum absolute atomic E-state index is 0.0229. The molecule has 0 amide bonds. The van der Waals surface area contributed by atoms with Crippen LogP contribution in [0.5, 0.6) is 0 Å². The molecule has 3 heteroatoms. The maximum atomic E-state index is 11.5. The zero-order valence-electron chi connectivity index (χ0n) is 8.73. The second-order valence-electron chi connectivity index (χ2n) is 3.14. The van der Waals surface area contributed by atoms with Crippen LogP contribution in [0.3, 0.4) is 0 Å². The molecule has 0 bridgehead atoms. The molecule has 3 nitrogen and oxygen atoms in total. The number of carbonyl (C=O) groups excluding carboxylic acids is 2. The summed E-state index contributed by atoms with van der Waals surface area (Å²) in [7, 11) is 0. The van der Waals surface area contributed by atoms with Gasteiger partial charge in [0.1, 0.15) is 6.61 Å². The molecular formula is C12H14O3. The predicted octanol–water partition coefficient (Wildman–Crippen LogP) is 1.86. The van der Waals surface area contributed by atoms with Gasteiger partial charge in [0, 0.05) is 12.2 Å². The topological polar surface area (TPSA) is 43.4 Å². The lowest BCUT2D eigenvalue weighted by atomic mass is 10.1. The summed E-state index contributed by atoms with van der Waals surface area (Å²) in [5, 5.41) is 0. The normalized spacial score (nSPS) is 9.93. The van der Waals surface area contributed by atoms with E-state index in [9.17, 15) is 9.59 Å². The van der Waals surface area contributed by atoms with E-state index in [1.54, 1.807) is 24.3 Å². The molecule has 0 N–H and O–H groups in total. The molecule has 0 aliphatic carbocycles. The molecule has 0 aliphatic rings. The Balaban J connectivity index is 2.46. The Hall–Kier alpha value is -1.48. The van der Waals surface area contributed by atoms with Gasteiger partial charge < -0.3 is 4.74 Å². The molecule has 0 unspecified atom stereocenters. The van der Waals surface area contributed by atoms with Crippen molar-refractivity contribution in [2.75, 3.05) is 13.2 Å². The zero-order valence-corrected chi connectivity index (χ0v) is 8.73. The molecule has 1 aromatic rings. The smallest absolute Gasteiger partial charge is 0.170 e. The first-order valence-electron chi connectivity index (χ1n) is 4.91. The van der Waals surface area contributed by atoms with Gasteiger partial charge in [0.15, 0.2) is 11.6 Å². The first-order chi connectivity index (χ1) is 7.24. The molecule has 0 aromatic heterocycles. The fraction of sp³-hybridized carbons (Fsp3) is 0.333. The van der Waals surface area contributed by atoms with Crippen molar-refractivity contribution in [3.63, 3.8) is 0 Å². The summed E-state index contributed by atoms with van der Waals surface area (Å²) in [5.41, 5.74) is 0.572. The Bertz CT molecular complexity index is 330. The summed E-state index contributed by atoms with van der Waals surface area (Å²) < 4.78 is 4.93. The zero-order chi connectivity index (χ0) is 11.1. The highest BCUT2D eigenvalue weighted by molar-refractivity contribution is 6.08. The van der Waals surface area contributed by atoms with Crippen molar-refractivity contribution in [2.45, 2.75) is 13.3 Å². The fourth-order valence-corrected chi connectivity index (χ4v) is 1.17. The quantitative estimate of drug-likeness (QED) is 0.527. The molecule has 0 saturated heterocycles. The number of ether oxygens (including phenoxy) is 1. The van der Waals surface area contributed by atoms with Crippen molar-refractivity contribution in [1.82, 2.24) is 0 Å². The summed E-state index contributed by atoms with van der Waals surface area (Å²) in [4.78, 5) is 22.8. The van der Waals surface area contributed by atoms with E-state index < -0.39 is 0 Å². The summed E-state index contributed by atoms with van der Waals surface area (Å²) in [6.45, 7) is 2.33. The maximum absolute atomic E-state index is 11.5. The largest absolute Gasteiger partial charge is 0.374 e. The standard InChI is InChI=1S/C12H14O3/c1-2-15-9-11(13)8-12(14)10-6-4-3-5-7-10/h3-7H,2,8-9H2,1H3. The minimum Gasteiger partial charge on any atom is -0.374 e. The number of rotatable bonds is 6. The SMILES string of the molecule is CCOCC(=O)CC(=O)c1ccccc1. The van der Waals surface area contributed by atoms with E-state index in [2.05, 4.69) is 0 Å². The molecular weight excluding hydrogens is 192 g/mol. The van der Waals surface area contributed by atoms with Crippen molar-refractivity contribution in [1.29, 1.82) is 0 Å². The third-order valence-electron chi connectivity index (χ3n) is 1.92. The lowest BCUT2D eigenvalue weighted by molar-refractivity contribution is -0.122. The van der Waals surface area contributed by atoms with Crippen molar-refractivity contribution in [3.8, 4) is 0 Å². The average Bonchev–Trinajstić information content (AvgIpc) is 2.27. The molecule has 1 rings (SSSR count). The monoisotopic (exact) mass is 206 g/mol. The molecule has 0 saturated carbocycles. The van der Waals surface area contributed by atoms with Crippen molar-refractivity contribution in [3.05, 3.63) is 35.9 Å². The second-order valence-corrected chi connectivity index (χ2v) is 3.14. The Morgan fingerprint density at radius 2 is 1.87 bits per heavy atom. The van der Waals surface area contributed by atoms with Crippen LogP contribution in [0.25, 0.3) is 0 Å². The first kappa shape index (κ1) is 11.6. The van der Waals surface area contributed by atoms with E-state index in [-0.39, 0.29) is 24.6 Å². The maximum Gasteiger partial charge on any atom is 0.170 e. The van der Waals surface area contributed by atoms with Gasteiger partial charge in [0.05, 0.1) is 6.42 Å². The Kier molecular flexibility index (Phi) is 4.71. The van der Waals surface area contributed by atoms with E-state index in [0.717, 1.165) is 0 Å². The number of hydrogen-bond donors (Lipinski definition) is 0. The number of ketones is 2. The lowest BCUT2D eigenvalue weighted by Crippen LogP contribution is -2.13. The van der Waals surface area contributed by atoms with Crippen LogP contribution in [0.2, 0.25) is 0 Å². The van der Waals surface area contributed by atoms with Crippen LogP contribution in [0.1, 0.15) is 23.7 Å². The number of hydrogen-bond acceptors (Lipinski definition) is 3. The third-order valence-corrected chi connectivity index (χ3v) is 1.92. The van der Waals surface area contributed by atoms with Crippen LogP contribution >= 0.6 is 0 Å². The van der Waals surface area contributed by atoms with Gasteiger partial charge in [-0.1, -0.05) is 30.3 Å². The lowest BCUT2D eigenvalue weighted by Gasteiger charge is -2.00. The van der Waals surface area contributed by atoms with E-state index in [0.29, 0.717) is 12.2 Å². The number of benzene rings is 1. The van der Waals surface area contributed by atoms with E-state index in [1.165, 1.54) is 0 Å². The van der Waals surface area contributed by atoms with Gasteiger partial charge in [0.2, 0.25) is 0 Å². The molecule has 80 valence electrons. The molecule has 0 atom stereocenters. The first-order valence-corrected chi connectivity index (χ1v) is 4.91. The van der Waals surface area contributed by atoms with Crippen LogP contribution in [-0.2, 0) is 9.53 Å². The predicted molar refractivity (Wildman–Crippen MR) is 56.9 cm³/mol. The van der Waals surface area contributed by atoms with Gasteiger partial charge in [-0.15, -0.1) is 0 Å². The minimum atomic E-state index is -0.175. The van der Waals surface area contributed by atoms with Gasteiger partial charge >= 0.3 is 0 Å². The van der Waals surface area contributed by atoms with Crippen molar-refractivity contribution in [2.24, 2.45) is 0 Å². The Labute approximate surface area is 89.1 Å². The molecule has 0 spiro atoms. The summed E-state index contributed by atoms with van der Waals surface area (Å²) in [6.07, 6.45) is -0.0794. The molecule has 0 aliphatic heterocycles. The van der Waals surface area contributed by atoms with Crippen LogP contribution in [0.4, 0.5) is 0 Å². The highest BCUT2D eigenvalue weighted by atomic mass is 16.5. The van der Waals surface area contributed by atoms with Crippen molar-refractivity contribution < 1.29 is 14.3 Å². The summed E-state index contributed by atoms with van der Waals surface area (Å²) in [6, 6.07) is 8.80. The highest BCUT2D eigenvalue weighted by Gasteiger charge is 2.10. The Morgan fingerprint density at radius 3 is 2.47 bits per heavy atom. The Morgan fingerprint density at radius 1 is 1.20 bits per heavy atom. The van der Waals surface area contributed by atoms with E-state index >= 15 is 0 Å². The fourth-order valence-electron chi connectivity index (χ4n) is 1.17. The molecule has 0 radical (unpaired) electrons. The van der Waals surface area contributed by atoms with Crippen LogP contribution in [0.15, 0.2) is 30.3 Å². The molecule has 0 fully saturated rings. The highest BCUT2D eigenvalue weighted by Crippen LogP contribution is 2.03. The summed E-state index contributed by atoms with van der Waals surface area (Å²) in [5.74, 6) is -0.328. The van der Waals surface area contributed by atoms with Gasteiger partial charge in [-0.2, -0.15) is 0 Å².